The van der Waals surface area contributed by atoms with Crippen molar-refractivity contribution in [2.45, 2.75) is 26.7 Å². The van der Waals surface area contributed by atoms with Crippen molar-refractivity contribution in [1.29, 1.82) is 0 Å². The molecule has 1 aromatic carbocycles. The van der Waals surface area contributed by atoms with Gasteiger partial charge in [0.2, 0.25) is 5.91 Å². The molecule has 0 radical (unpaired) electrons. The molecule has 130 valence electrons. The van der Waals surface area contributed by atoms with Crippen LogP contribution in [0.15, 0.2) is 30.3 Å². The Morgan fingerprint density at radius 1 is 1.22 bits per heavy atom. The van der Waals surface area contributed by atoms with Crippen molar-refractivity contribution in [3.63, 3.8) is 0 Å². The minimum absolute atomic E-state index is 0. The minimum atomic E-state index is -0.106. The van der Waals surface area contributed by atoms with Crippen LogP contribution in [-0.4, -0.2) is 43.4 Å². The summed E-state index contributed by atoms with van der Waals surface area (Å²) in [5, 5.41) is 2.82. The second kappa shape index (κ2) is 10.2. The van der Waals surface area contributed by atoms with Gasteiger partial charge in [-0.25, -0.2) is 0 Å². The molecule has 0 aliphatic heterocycles. The molecule has 0 saturated heterocycles. The third-order valence-corrected chi connectivity index (χ3v) is 3.53. The molecule has 0 unspecified atom stereocenters. The molecule has 0 aliphatic carbocycles. The van der Waals surface area contributed by atoms with Gasteiger partial charge in [-0.1, -0.05) is 32.0 Å². The fourth-order valence-electron chi connectivity index (χ4n) is 2.12. The average molecular weight is 342 g/mol. The zero-order chi connectivity index (χ0) is 16.6. The van der Waals surface area contributed by atoms with E-state index in [0.29, 0.717) is 38.0 Å². The van der Waals surface area contributed by atoms with Crippen LogP contribution < -0.4 is 11.1 Å². The Bertz CT molecular complexity index is 492. The number of halogens is 1. The Morgan fingerprint density at radius 2 is 1.83 bits per heavy atom. The molecule has 1 aromatic rings. The van der Waals surface area contributed by atoms with Gasteiger partial charge in [-0.15, -0.1) is 12.4 Å². The van der Waals surface area contributed by atoms with E-state index < -0.39 is 0 Å². The SMILES string of the molecule is CN(CC(C)(C)CN)C(=O)CCCNC(=O)c1ccccc1.Cl. The predicted octanol–water partition coefficient (Wildman–Crippen LogP) is 2.06. The fraction of sp³-hybridized carbons (Fsp3) is 0.529. The first-order chi connectivity index (χ1) is 10.4. The Balaban J connectivity index is 0.00000484. The van der Waals surface area contributed by atoms with E-state index in [-0.39, 0.29) is 29.6 Å². The number of hydrogen-bond donors (Lipinski definition) is 2. The third kappa shape index (κ3) is 8.00. The van der Waals surface area contributed by atoms with Crippen molar-refractivity contribution in [3.8, 4) is 0 Å². The molecule has 0 atom stereocenters. The Morgan fingerprint density at radius 3 is 2.39 bits per heavy atom. The molecule has 3 N–H and O–H groups in total. The van der Waals surface area contributed by atoms with Gasteiger partial charge in [-0.3, -0.25) is 9.59 Å². The van der Waals surface area contributed by atoms with E-state index in [9.17, 15) is 9.59 Å². The predicted molar refractivity (Wildman–Crippen MR) is 95.7 cm³/mol. The van der Waals surface area contributed by atoms with E-state index in [1.54, 1.807) is 24.1 Å². The van der Waals surface area contributed by atoms with Crippen LogP contribution in [0.4, 0.5) is 0 Å². The molecule has 1 rings (SSSR count). The van der Waals surface area contributed by atoms with Crippen molar-refractivity contribution >= 4 is 24.2 Å². The second-order valence-corrected chi connectivity index (χ2v) is 6.34. The van der Waals surface area contributed by atoms with Crippen molar-refractivity contribution in [2.24, 2.45) is 11.1 Å². The standard InChI is InChI=1S/C17H27N3O2.ClH/c1-17(2,12-18)13-20(3)15(21)10-7-11-19-16(22)14-8-5-4-6-9-14;/h4-6,8-9H,7,10-13,18H2,1-3H3,(H,19,22);1H. The molecule has 23 heavy (non-hydrogen) atoms. The maximum atomic E-state index is 12.0. The molecule has 0 aromatic heterocycles. The summed E-state index contributed by atoms with van der Waals surface area (Å²) in [6.45, 7) is 5.75. The summed E-state index contributed by atoms with van der Waals surface area (Å²) in [7, 11) is 1.79. The first-order valence-corrected chi connectivity index (χ1v) is 7.63. The summed E-state index contributed by atoms with van der Waals surface area (Å²) in [5.74, 6) is -0.0267. The number of carbonyl (C=O) groups is 2. The number of carbonyl (C=O) groups excluding carboxylic acids is 2. The Hall–Kier alpha value is -1.59. The zero-order valence-corrected chi connectivity index (χ0v) is 15.0. The average Bonchev–Trinajstić information content (AvgIpc) is 2.51. The van der Waals surface area contributed by atoms with E-state index in [2.05, 4.69) is 5.32 Å². The van der Waals surface area contributed by atoms with Crippen LogP contribution in [-0.2, 0) is 4.79 Å². The van der Waals surface area contributed by atoms with Gasteiger partial charge in [0.25, 0.3) is 5.91 Å². The topological polar surface area (TPSA) is 75.4 Å². The molecule has 6 heteroatoms. The van der Waals surface area contributed by atoms with Gasteiger partial charge < -0.3 is 16.0 Å². The maximum Gasteiger partial charge on any atom is 0.251 e. The summed E-state index contributed by atoms with van der Waals surface area (Å²) in [4.78, 5) is 25.6. The molecule has 0 spiro atoms. The van der Waals surface area contributed by atoms with Crippen molar-refractivity contribution in [3.05, 3.63) is 35.9 Å². The minimum Gasteiger partial charge on any atom is -0.352 e. The number of amides is 2. The van der Waals surface area contributed by atoms with Crippen LogP contribution >= 0.6 is 12.4 Å². The van der Waals surface area contributed by atoms with Gasteiger partial charge in [0, 0.05) is 32.1 Å². The van der Waals surface area contributed by atoms with Crippen LogP contribution in [0.3, 0.4) is 0 Å². The first-order valence-electron chi connectivity index (χ1n) is 7.63. The quantitative estimate of drug-likeness (QED) is 0.711. The number of nitrogens with two attached hydrogens (primary N) is 1. The van der Waals surface area contributed by atoms with Gasteiger partial charge in [0.15, 0.2) is 0 Å². The molecule has 0 heterocycles. The van der Waals surface area contributed by atoms with Gasteiger partial charge in [0.1, 0.15) is 0 Å². The fourth-order valence-corrected chi connectivity index (χ4v) is 2.12. The van der Waals surface area contributed by atoms with E-state index in [0.717, 1.165) is 0 Å². The van der Waals surface area contributed by atoms with Crippen molar-refractivity contribution in [2.75, 3.05) is 26.7 Å². The third-order valence-electron chi connectivity index (χ3n) is 3.53. The van der Waals surface area contributed by atoms with Gasteiger partial charge in [-0.2, -0.15) is 0 Å². The summed E-state index contributed by atoms with van der Waals surface area (Å²) < 4.78 is 0. The zero-order valence-electron chi connectivity index (χ0n) is 14.2. The van der Waals surface area contributed by atoms with E-state index >= 15 is 0 Å². The normalized spacial score (nSPS) is 10.6. The van der Waals surface area contributed by atoms with Crippen LogP contribution in [0.25, 0.3) is 0 Å². The molecule has 0 saturated carbocycles. The van der Waals surface area contributed by atoms with Gasteiger partial charge in [0.05, 0.1) is 0 Å². The summed E-state index contributed by atoms with van der Waals surface area (Å²) >= 11 is 0. The molecular formula is C17H28ClN3O2. The molecule has 0 aliphatic rings. The maximum absolute atomic E-state index is 12.0. The Kier molecular flexibility index (Phi) is 9.53. The van der Waals surface area contributed by atoms with E-state index in [1.165, 1.54) is 0 Å². The number of hydrogen-bond acceptors (Lipinski definition) is 3. The lowest BCUT2D eigenvalue weighted by Crippen LogP contribution is -2.39. The van der Waals surface area contributed by atoms with Crippen molar-refractivity contribution in [1.82, 2.24) is 10.2 Å². The number of rotatable bonds is 8. The summed E-state index contributed by atoms with van der Waals surface area (Å²) in [6, 6.07) is 9.06. The number of nitrogens with one attached hydrogen (secondary N) is 1. The molecule has 2 amide bonds. The lowest BCUT2D eigenvalue weighted by Gasteiger charge is -2.29. The molecule has 0 bridgehead atoms. The lowest BCUT2D eigenvalue weighted by atomic mass is 9.93. The highest BCUT2D eigenvalue weighted by Gasteiger charge is 2.20. The van der Waals surface area contributed by atoms with Gasteiger partial charge >= 0.3 is 0 Å². The largest absolute Gasteiger partial charge is 0.352 e. The Labute approximate surface area is 145 Å². The van der Waals surface area contributed by atoms with Crippen LogP contribution in [0.1, 0.15) is 37.0 Å². The summed E-state index contributed by atoms with van der Waals surface area (Å²) in [6.07, 6.45) is 1.05. The van der Waals surface area contributed by atoms with Crippen LogP contribution in [0.2, 0.25) is 0 Å². The van der Waals surface area contributed by atoms with E-state index in [4.69, 9.17) is 5.73 Å². The highest BCUT2D eigenvalue weighted by Crippen LogP contribution is 2.14. The number of nitrogens with zero attached hydrogens (tertiary/aromatic N) is 1. The summed E-state index contributed by atoms with van der Waals surface area (Å²) in [5.41, 5.74) is 6.24. The molecule has 0 fully saturated rings. The first kappa shape index (κ1) is 21.4. The highest BCUT2D eigenvalue weighted by atomic mass is 35.5. The van der Waals surface area contributed by atoms with Crippen molar-refractivity contribution < 1.29 is 9.59 Å². The van der Waals surface area contributed by atoms with Crippen LogP contribution in [0.5, 0.6) is 0 Å². The van der Waals surface area contributed by atoms with Gasteiger partial charge in [-0.05, 0) is 30.5 Å². The smallest absolute Gasteiger partial charge is 0.251 e. The van der Waals surface area contributed by atoms with E-state index in [1.807, 2.05) is 32.0 Å². The monoisotopic (exact) mass is 341 g/mol. The second-order valence-electron chi connectivity index (χ2n) is 6.34. The molecule has 5 nitrogen and oxygen atoms in total. The molecular weight excluding hydrogens is 314 g/mol. The lowest BCUT2D eigenvalue weighted by molar-refractivity contribution is -0.131. The number of benzene rings is 1. The van der Waals surface area contributed by atoms with Crippen LogP contribution in [0, 0.1) is 5.41 Å². The highest BCUT2D eigenvalue weighted by molar-refractivity contribution is 5.94.